The van der Waals surface area contributed by atoms with Crippen molar-refractivity contribution in [1.29, 1.82) is 0 Å². The summed E-state index contributed by atoms with van der Waals surface area (Å²) >= 11 is 0. The molecule has 120 valence electrons. The second-order valence-corrected chi connectivity index (χ2v) is 5.49. The molecule has 1 aliphatic heterocycles. The number of hydrogen-bond acceptors (Lipinski definition) is 4. The monoisotopic (exact) mass is 311 g/mol. The van der Waals surface area contributed by atoms with Crippen molar-refractivity contribution in [3.8, 4) is 11.5 Å². The molecule has 1 unspecified atom stereocenters. The van der Waals surface area contributed by atoms with Gasteiger partial charge in [0.15, 0.2) is 0 Å². The zero-order valence-electron chi connectivity index (χ0n) is 13.4. The summed E-state index contributed by atoms with van der Waals surface area (Å²) < 4.78 is 16.5. The molecule has 2 aromatic rings. The second kappa shape index (κ2) is 6.75. The van der Waals surface area contributed by atoms with Gasteiger partial charge >= 0.3 is 0 Å². The SMILES string of the molecule is COc1cc(/C=C(\N)C2OCCc3ccccc32)cc(OC)c1. The van der Waals surface area contributed by atoms with E-state index in [0.29, 0.717) is 12.3 Å². The molecule has 1 aliphatic rings. The van der Waals surface area contributed by atoms with Crippen LogP contribution in [0.3, 0.4) is 0 Å². The maximum Gasteiger partial charge on any atom is 0.123 e. The van der Waals surface area contributed by atoms with Gasteiger partial charge in [0.25, 0.3) is 0 Å². The number of benzene rings is 2. The molecule has 0 saturated heterocycles. The molecule has 2 aromatic carbocycles. The average molecular weight is 311 g/mol. The molecule has 0 aromatic heterocycles. The van der Waals surface area contributed by atoms with E-state index in [1.54, 1.807) is 14.2 Å². The fraction of sp³-hybridized carbons (Fsp3) is 0.263. The van der Waals surface area contributed by atoms with Crippen LogP contribution in [0, 0.1) is 0 Å². The average Bonchev–Trinajstić information content (AvgIpc) is 2.60. The minimum absolute atomic E-state index is 0.211. The highest BCUT2D eigenvalue weighted by molar-refractivity contribution is 5.59. The maximum absolute atomic E-state index is 6.33. The van der Waals surface area contributed by atoms with Crippen LogP contribution in [0.2, 0.25) is 0 Å². The van der Waals surface area contributed by atoms with Crippen LogP contribution in [0.4, 0.5) is 0 Å². The van der Waals surface area contributed by atoms with Gasteiger partial charge in [-0.05, 0) is 41.3 Å². The molecule has 1 atom stereocenters. The van der Waals surface area contributed by atoms with Crippen LogP contribution in [0.25, 0.3) is 6.08 Å². The normalized spacial score (nSPS) is 17.5. The molecule has 4 nitrogen and oxygen atoms in total. The Hall–Kier alpha value is -2.46. The highest BCUT2D eigenvalue weighted by Gasteiger charge is 2.22. The van der Waals surface area contributed by atoms with E-state index < -0.39 is 0 Å². The number of methoxy groups -OCH3 is 2. The van der Waals surface area contributed by atoms with Gasteiger partial charge in [0.2, 0.25) is 0 Å². The van der Waals surface area contributed by atoms with Crippen LogP contribution in [-0.4, -0.2) is 20.8 Å². The molecule has 1 heterocycles. The van der Waals surface area contributed by atoms with Gasteiger partial charge in [-0.3, -0.25) is 0 Å². The van der Waals surface area contributed by atoms with Gasteiger partial charge in [-0.2, -0.15) is 0 Å². The minimum Gasteiger partial charge on any atom is -0.497 e. The maximum atomic E-state index is 6.33. The van der Waals surface area contributed by atoms with Crippen LogP contribution in [0.15, 0.2) is 48.2 Å². The van der Waals surface area contributed by atoms with Gasteiger partial charge in [0.05, 0.1) is 20.8 Å². The lowest BCUT2D eigenvalue weighted by Gasteiger charge is -2.26. The molecule has 0 amide bonds. The number of nitrogens with two attached hydrogens (primary N) is 1. The largest absolute Gasteiger partial charge is 0.497 e. The number of ether oxygens (including phenoxy) is 3. The summed E-state index contributed by atoms with van der Waals surface area (Å²) in [4.78, 5) is 0. The van der Waals surface area contributed by atoms with Crippen LogP contribution in [-0.2, 0) is 11.2 Å². The number of fused-ring (bicyclic) bond motifs is 1. The minimum atomic E-state index is -0.211. The lowest BCUT2D eigenvalue weighted by molar-refractivity contribution is 0.0668. The van der Waals surface area contributed by atoms with Crippen molar-refractivity contribution in [1.82, 2.24) is 0 Å². The molecule has 0 fully saturated rings. The van der Waals surface area contributed by atoms with Crippen molar-refractivity contribution in [3.05, 3.63) is 64.9 Å². The van der Waals surface area contributed by atoms with Crippen molar-refractivity contribution >= 4 is 6.08 Å². The smallest absolute Gasteiger partial charge is 0.123 e. The zero-order chi connectivity index (χ0) is 16.2. The Bertz CT molecular complexity index is 702. The highest BCUT2D eigenvalue weighted by atomic mass is 16.5. The van der Waals surface area contributed by atoms with Gasteiger partial charge in [-0.15, -0.1) is 0 Å². The van der Waals surface area contributed by atoms with Crippen molar-refractivity contribution in [3.63, 3.8) is 0 Å². The van der Waals surface area contributed by atoms with Gasteiger partial charge in [-0.25, -0.2) is 0 Å². The molecule has 0 radical (unpaired) electrons. The summed E-state index contributed by atoms with van der Waals surface area (Å²) in [5, 5.41) is 0. The van der Waals surface area contributed by atoms with E-state index in [9.17, 15) is 0 Å². The van der Waals surface area contributed by atoms with E-state index >= 15 is 0 Å². The van der Waals surface area contributed by atoms with Gasteiger partial charge in [0, 0.05) is 11.8 Å². The summed E-state index contributed by atoms with van der Waals surface area (Å²) in [6, 6.07) is 13.9. The first kappa shape index (κ1) is 15.4. The van der Waals surface area contributed by atoms with E-state index in [4.69, 9.17) is 19.9 Å². The Balaban J connectivity index is 1.94. The number of rotatable bonds is 4. The van der Waals surface area contributed by atoms with Crippen molar-refractivity contribution < 1.29 is 14.2 Å². The molecule has 0 bridgehead atoms. The van der Waals surface area contributed by atoms with Gasteiger partial charge < -0.3 is 19.9 Å². The summed E-state index contributed by atoms with van der Waals surface area (Å²) in [6.45, 7) is 0.678. The van der Waals surface area contributed by atoms with Crippen LogP contribution in [0.1, 0.15) is 22.8 Å². The van der Waals surface area contributed by atoms with Crippen molar-refractivity contribution in [2.24, 2.45) is 5.73 Å². The van der Waals surface area contributed by atoms with Crippen molar-refractivity contribution in [2.75, 3.05) is 20.8 Å². The predicted octanol–water partition coefficient (Wildman–Crippen LogP) is 3.32. The molecule has 3 rings (SSSR count). The summed E-state index contributed by atoms with van der Waals surface area (Å²) in [5.41, 5.74) is 10.4. The van der Waals surface area contributed by atoms with Crippen LogP contribution < -0.4 is 15.2 Å². The lowest BCUT2D eigenvalue weighted by Crippen LogP contribution is -2.21. The van der Waals surface area contributed by atoms with Gasteiger partial charge in [-0.1, -0.05) is 24.3 Å². The van der Waals surface area contributed by atoms with Crippen molar-refractivity contribution in [2.45, 2.75) is 12.5 Å². The first-order valence-corrected chi connectivity index (χ1v) is 7.61. The molecule has 0 aliphatic carbocycles. The van der Waals surface area contributed by atoms with E-state index in [1.807, 2.05) is 36.4 Å². The van der Waals surface area contributed by atoms with E-state index in [2.05, 4.69) is 12.1 Å². The van der Waals surface area contributed by atoms with Crippen LogP contribution >= 0.6 is 0 Å². The fourth-order valence-electron chi connectivity index (χ4n) is 2.85. The predicted molar refractivity (Wildman–Crippen MR) is 90.5 cm³/mol. The third-order valence-electron chi connectivity index (χ3n) is 4.00. The molecule has 2 N–H and O–H groups in total. The highest BCUT2D eigenvalue weighted by Crippen LogP contribution is 2.32. The zero-order valence-corrected chi connectivity index (χ0v) is 13.4. The lowest BCUT2D eigenvalue weighted by atomic mass is 9.95. The Morgan fingerprint density at radius 1 is 1.13 bits per heavy atom. The van der Waals surface area contributed by atoms with E-state index in [1.165, 1.54) is 5.56 Å². The summed E-state index contributed by atoms with van der Waals surface area (Å²) in [5.74, 6) is 1.46. The quantitative estimate of drug-likeness (QED) is 0.941. The second-order valence-electron chi connectivity index (χ2n) is 5.49. The summed E-state index contributed by atoms with van der Waals surface area (Å²) in [6.07, 6.45) is 2.63. The Labute approximate surface area is 136 Å². The third-order valence-corrected chi connectivity index (χ3v) is 4.00. The fourth-order valence-corrected chi connectivity index (χ4v) is 2.85. The molecule has 0 spiro atoms. The molecule has 4 heteroatoms. The molecule has 0 saturated carbocycles. The standard InChI is InChI=1S/C19H21NO3/c1-21-15-9-13(10-16(12-15)22-2)11-18(20)19-17-6-4-3-5-14(17)7-8-23-19/h3-6,9-12,19H,7-8,20H2,1-2H3/b18-11-. The Kier molecular flexibility index (Phi) is 4.53. The Morgan fingerprint density at radius 2 is 1.83 bits per heavy atom. The first-order chi connectivity index (χ1) is 11.2. The topological polar surface area (TPSA) is 53.7 Å². The first-order valence-electron chi connectivity index (χ1n) is 7.61. The molecule has 23 heavy (non-hydrogen) atoms. The Morgan fingerprint density at radius 3 is 2.52 bits per heavy atom. The summed E-state index contributed by atoms with van der Waals surface area (Å²) in [7, 11) is 3.26. The van der Waals surface area contributed by atoms with E-state index in [-0.39, 0.29) is 6.10 Å². The number of hydrogen-bond donors (Lipinski definition) is 1. The van der Waals surface area contributed by atoms with Gasteiger partial charge in [0.1, 0.15) is 17.6 Å². The third kappa shape index (κ3) is 3.32. The van der Waals surface area contributed by atoms with Crippen LogP contribution in [0.5, 0.6) is 11.5 Å². The molecular formula is C19H21NO3. The molecular weight excluding hydrogens is 290 g/mol. The van der Waals surface area contributed by atoms with E-state index in [0.717, 1.165) is 29.0 Å².